The fraction of sp³-hybridized carbons (Fsp3) is 0.533. The summed E-state index contributed by atoms with van der Waals surface area (Å²) in [7, 11) is 0. The second-order valence-electron chi connectivity index (χ2n) is 5.36. The number of hydrogen-bond donors (Lipinski definition) is 2. The first kappa shape index (κ1) is 13.1. The van der Waals surface area contributed by atoms with Crippen molar-refractivity contribution in [3.05, 3.63) is 35.9 Å². The van der Waals surface area contributed by atoms with Gasteiger partial charge >= 0.3 is 0 Å². The van der Waals surface area contributed by atoms with Crippen LogP contribution >= 0.6 is 0 Å². The lowest BCUT2D eigenvalue weighted by atomic mass is 10.0. The SMILES string of the molecule is CC(CNC(=O)C(N)Cc1ccccc1)C1CC1. The number of carbonyl (C=O) groups excluding carboxylic acids is 1. The van der Waals surface area contributed by atoms with Crippen molar-refractivity contribution in [2.24, 2.45) is 17.6 Å². The monoisotopic (exact) mass is 246 g/mol. The molecule has 3 nitrogen and oxygen atoms in total. The van der Waals surface area contributed by atoms with Gasteiger partial charge in [-0.2, -0.15) is 0 Å². The van der Waals surface area contributed by atoms with E-state index in [1.54, 1.807) is 0 Å². The molecule has 3 heteroatoms. The van der Waals surface area contributed by atoms with Crippen molar-refractivity contribution in [3.8, 4) is 0 Å². The maximum Gasteiger partial charge on any atom is 0.237 e. The Kier molecular flexibility index (Phi) is 4.37. The Hall–Kier alpha value is -1.35. The molecule has 0 heterocycles. The van der Waals surface area contributed by atoms with Gasteiger partial charge in [-0.3, -0.25) is 4.79 Å². The maximum atomic E-state index is 11.9. The van der Waals surface area contributed by atoms with Gasteiger partial charge in [-0.25, -0.2) is 0 Å². The molecule has 1 amide bonds. The number of nitrogens with one attached hydrogen (secondary N) is 1. The van der Waals surface area contributed by atoms with Crippen LogP contribution in [0.25, 0.3) is 0 Å². The van der Waals surface area contributed by atoms with Gasteiger partial charge in [0.15, 0.2) is 0 Å². The predicted octanol–water partition coefficient (Wildman–Crippen LogP) is 1.72. The Bertz CT molecular complexity index is 387. The third-order valence-corrected chi connectivity index (χ3v) is 3.66. The number of rotatable bonds is 6. The van der Waals surface area contributed by atoms with Crippen molar-refractivity contribution in [2.75, 3.05) is 6.54 Å². The molecule has 1 aromatic rings. The molecule has 0 aromatic heterocycles. The summed E-state index contributed by atoms with van der Waals surface area (Å²) in [5.74, 6) is 1.36. The largest absolute Gasteiger partial charge is 0.354 e. The fourth-order valence-corrected chi connectivity index (χ4v) is 2.19. The van der Waals surface area contributed by atoms with Crippen LogP contribution < -0.4 is 11.1 Å². The molecule has 0 radical (unpaired) electrons. The minimum Gasteiger partial charge on any atom is -0.354 e. The summed E-state index contributed by atoms with van der Waals surface area (Å²) < 4.78 is 0. The van der Waals surface area contributed by atoms with Crippen LogP contribution in [0.15, 0.2) is 30.3 Å². The minimum atomic E-state index is -0.446. The Morgan fingerprint density at radius 3 is 2.67 bits per heavy atom. The van der Waals surface area contributed by atoms with Crippen molar-refractivity contribution in [1.29, 1.82) is 0 Å². The zero-order valence-electron chi connectivity index (χ0n) is 10.9. The summed E-state index contributed by atoms with van der Waals surface area (Å²) in [6, 6.07) is 9.45. The van der Waals surface area contributed by atoms with E-state index in [0.29, 0.717) is 12.3 Å². The molecule has 2 atom stereocenters. The standard InChI is InChI=1S/C15H22N2O/c1-11(13-7-8-13)10-17-15(18)14(16)9-12-5-3-2-4-6-12/h2-6,11,13-14H,7-10,16H2,1H3,(H,17,18). The Labute approximate surface area is 109 Å². The summed E-state index contributed by atoms with van der Waals surface area (Å²) in [5, 5.41) is 2.96. The third kappa shape index (κ3) is 3.84. The van der Waals surface area contributed by atoms with Gasteiger partial charge in [0.25, 0.3) is 0 Å². The van der Waals surface area contributed by atoms with Crippen LogP contribution in [0.3, 0.4) is 0 Å². The highest BCUT2D eigenvalue weighted by atomic mass is 16.2. The zero-order chi connectivity index (χ0) is 13.0. The van der Waals surface area contributed by atoms with E-state index in [0.717, 1.165) is 18.0 Å². The molecule has 1 aliphatic rings. The van der Waals surface area contributed by atoms with E-state index in [1.807, 2.05) is 30.3 Å². The van der Waals surface area contributed by atoms with E-state index in [2.05, 4.69) is 12.2 Å². The van der Waals surface area contributed by atoms with E-state index >= 15 is 0 Å². The summed E-state index contributed by atoms with van der Waals surface area (Å²) in [6.45, 7) is 2.95. The highest BCUT2D eigenvalue weighted by molar-refractivity contribution is 5.81. The molecular weight excluding hydrogens is 224 g/mol. The van der Waals surface area contributed by atoms with Crippen molar-refractivity contribution in [1.82, 2.24) is 5.32 Å². The molecule has 0 saturated heterocycles. The Morgan fingerprint density at radius 1 is 1.39 bits per heavy atom. The van der Waals surface area contributed by atoms with E-state index in [-0.39, 0.29) is 5.91 Å². The van der Waals surface area contributed by atoms with Gasteiger partial charge in [0.1, 0.15) is 0 Å². The molecular formula is C15H22N2O. The van der Waals surface area contributed by atoms with Gasteiger partial charge in [0, 0.05) is 6.54 Å². The van der Waals surface area contributed by atoms with Crippen molar-refractivity contribution >= 4 is 5.91 Å². The van der Waals surface area contributed by atoms with Gasteiger partial charge in [-0.15, -0.1) is 0 Å². The molecule has 0 aliphatic heterocycles. The van der Waals surface area contributed by atoms with Crippen molar-refractivity contribution in [2.45, 2.75) is 32.2 Å². The van der Waals surface area contributed by atoms with Gasteiger partial charge < -0.3 is 11.1 Å². The number of amides is 1. The van der Waals surface area contributed by atoms with Crippen LogP contribution in [0.1, 0.15) is 25.3 Å². The quantitative estimate of drug-likeness (QED) is 0.803. The first-order valence-electron chi connectivity index (χ1n) is 6.74. The molecule has 1 aliphatic carbocycles. The number of hydrogen-bond acceptors (Lipinski definition) is 2. The highest BCUT2D eigenvalue weighted by Gasteiger charge is 2.28. The first-order chi connectivity index (χ1) is 8.66. The van der Waals surface area contributed by atoms with Crippen LogP contribution in [-0.2, 0) is 11.2 Å². The van der Waals surface area contributed by atoms with E-state index in [9.17, 15) is 4.79 Å². The lowest BCUT2D eigenvalue weighted by molar-refractivity contribution is -0.122. The van der Waals surface area contributed by atoms with Crippen LogP contribution in [0.4, 0.5) is 0 Å². The fourth-order valence-electron chi connectivity index (χ4n) is 2.19. The van der Waals surface area contributed by atoms with E-state index in [1.165, 1.54) is 12.8 Å². The normalized spacial score (nSPS) is 18.1. The van der Waals surface area contributed by atoms with Crippen molar-refractivity contribution in [3.63, 3.8) is 0 Å². The molecule has 2 unspecified atom stereocenters. The second kappa shape index (κ2) is 6.01. The smallest absolute Gasteiger partial charge is 0.237 e. The Balaban J connectivity index is 1.74. The molecule has 3 N–H and O–H groups in total. The van der Waals surface area contributed by atoms with E-state index in [4.69, 9.17) is 5.73 Å². The predicted molar refractivity (Wildman–Crippen MR) is 73.0 cm³/mol. The summed E-state index contributed by atoms with van der Waals surface area (Å²) in [4.78, 5) is 11.9. The minimum absolute atomic E-state index is 0.0358. The summed E-state index contributed by atoms with van der Waals surface area (Å²) in [5.41, 5.74) is 7.02. The van der Waals surface area contributed by atoms with E-state index < -0.39 is 6.04 Å². The summed E-state index contributed by atoms with van der Waals surface area (Å²) in [6.07, 6.45) is 3.23. The molecule has 0 spiro atoms. The molecule has 1 saturated carbocycles. The van der Waals surface area contributed by atoms with Gasteiger partial charge in [0.2, 0.25) is 5.91 Å². The first-order valence-corrected chi connectivity index (χ1v) is 6.74. The number of carbonyl (C=O) groups is 1. The lowest BCUT2D eigenvalue weighted by Crippen LogP contribution is -2.43. The van der Waals surface area contributed by atoms with Gasteiger partial charge in [0.05, 0.1) is 6.04 Å². The van der Waals surface area contributed by atoms with Crippen LogP contribution in [0.2, 0.25) is 0 Å². The highest BCUT2D eigenvalue weighted by Crippen LogP contribution is 2.36. The molecule has 1 aromatic carbocycles. The molecule has 98 valence electrons. The molecule has 0 bridgehead atoms. The topological polar surface area (TPSA) is 55.1 Å². The Morgan fingerprint density at radius 2 is 2.06 bits per heavy atom. The third-order valence-electron chi connectivity index (χ3n) is 3.66. The molecule has 1 fully saturated rings. The van der Waals surface area contributed by atoms with Crippen LogP contribution in [0.5, 0.6) is 0 Å². The maximum absolute atomic E-state index is 11.9. The number of nitrogens with two attached hydrogens (primary N) is 1. The van der Waals surface area contributed by atoms with Gasteiger partial charge in [-0.1, -0.05) is 37.3 Å². The average Bonchev–Trinajstić information content (AvgIpc) is 3.21. The van der Waals surface area contributed by atoms with Crippen LogP contribution in [-0.4, -0.2) is 18.5 Å². The van der Waals surface area contributed by atoms with Crippen molar-refractivity contribution < 1.29 is 4.79 Å². The van der Waals surface area contributed by atoms with Crippen LogP contribution in [0, 0.1) is 11.8 Å². The lowest BCUT2D eigenvalue weighted by Gasteiger charge is -2.15. The summed E-state index contributed by atoms with van der Waals surface area (Å²) >= 11 is 0. The number of benzene rings is 1. The molecule has 2 rings (SSSR count). The average molecular weight is 246 g/mol. The second-order valence-corrected chi connectivity index (χ2v) is 5.36. The van der Waals surface area contributed by atoms with Gasteiger partial charge in [-0.05, 0) is 36.7 Å². The zero-order valence-corrected chi connectivity index (χ0v) is 10.9. The molecule has 18 heavy (non-hydrogen) atoms.